The summed E-state index contributed by atoms with van der Waals surface area (Å²) in [5.74, 6) is -0.0120. The molecule has 1 aromatic heterocycles. The minimum atomic E-state index is -0.764. The van der Waals surface area contributed by atoms with Gasteiger partial charge in [0.25, 0.3) is 0 Å². The molecule has 9 heteroatoms. The number of nitrogens with two attached hydrogens (primary N) is 1. The Morgan fingerprint density at radius 2 is 1.80 bits per heavy atom. The molecule has 1 heterocycles. The van der Waals surface area contributed by atoms with Crippen molar-refractivity contribution >= 4 is 17.8 Å². The van der Waals surface area contributed by atoms with Crippen LogP contribution in [0.25, 0.3) is 11.1 Å². The average molecular weight is 481 g/mol. The van der Waals surface area contributed by atoms with Gasteiger partial charge < -0.3 is 20.5 Å². The summed E-state index contributed by atoms with van der Waals surface area (Å²) in [7, 11) is 1.55. The number of halogens is 1. The van der Waals surface area contributed by atoms with Gasteiger partial charge in [0, 0.05) is 23.7 Å². The zero-order valence-corrected chi connectivity index (χ0v) is 20.1. The van der Waals surface area contributed by atoms with Crippen molar-refractivity contribution in [2.75, 3.05) is 12.4 Å². The van der Waals surface area contributed by atoms with Crippen molar-refractivity contribution in [1.82, 2.24) is 10.3 Å². The summed E-state index contributed by atoms with van der Waals surface area (Å²) in [5.41, 5.74) is 7.22. The zero-order valence-electron chi connectivity index (χ0n) is 20.1. The minimum Gasteiger partial charge on any atom is -0.496 e. The molecule has 35 heavy (non-hydrogen) atoms. The molecule has 184 valence electrons. The van der Waals surface area contributed by atoms with E-state index in [0.717, 1.165) is 5.56 Å². The molecule has 0 spiro atoms. The predicted molar refractivity (Wildman–Crippen MR) is 132 cm³/mol. The Morgan fingerprint density at radius 3 is 2.49 bits per heavy atom. The van der Waals surface area contributed by atoms with E-state index in [1.807, 2.05) is 18.2 Å². The Labute approximate surface area is 203 Å². The molecule has 0 saturated carbocycles. The van der Waals surface area contributed by atoms with Crippen molar-refractivity contribution in [1.29, 1.82) is 0 Å². The van der Waals surface area contributed by atoms with E-state index in [2.05, 4.69) is 15.6 Å². The van der Waals surface area contributed by atoms with Gasteiger partial charge in [-0.25, -0.2) is 14.0 Å². The number of anilines is 1. The van der Waals surface area contributed by atoms with E-state index in [4.69, 9.17) is 15.2 Å². The maximum Gasteiger partial charge on any atom is 0.412 e. The monoisotopic (exact) mass is 480 g/mol. The third-order valence-corrected chi connectivity index (χ3v) is 5.05. The van der Waals surface area contributed by atoms with Crippen molar-refractivity contribution < 1.29 is 23.5 Å². The summed E-state index contributed by atoms with van der Waals surface area (Å²) >= 11 is 0. The number of methoxy groups -OCH3 is 1. The van der Waals surface area contributed by atoms with Gasteiger partial charge in [0.1, 0.15) is 11.4 Å². The van der Waals surface area contributed by atoms with Gasteiger partial charge in [-0.3, -0.25) is 10.3 Å². The molecule has 0 aliphatic heterocycles. The molecule has 2 aromatic carbocycles. The Morgan fingerprint density at radius 1 is 1.06 bits per heavy atom. The molecule has 0 unspecified atom stereocenters. The van der Waals surface area contributed by atoms with Crippen LogP contribution in [-0.4, -0.2) is 29.8 Å². The number of pyridine rings is 1. The van der Waals surface area contributed by atoms with Gasteiger partial charge in [-0.1, -0.05) is 30.3 Å². The first-order chi connectivity index (χ1) is 16.6. The minimum absolute atomic E-state index is 0.0198. The summed E-state index contributed by atoms with van der Waals surface area (Å²) in [6.45, 7) is 5.24. The molecule has 0 fully saturated rings. The van der Waals surface area contributed by atoms with Crippen LogP contribution in [-0.2, 0) is 17.7 Å². The molecule has 3 aromatic rings. The lowest BCUT2D eigenvalue weighted by atomic mass is 9.92. The summed E-state index contributed by atoms with van der Waals surface area (Å²) in [5, 5.41) is 5.02. The van der Waals surface area contributed by atoms with E-state index in [1.54, 1.807) is 58.3 Å². The first kappa shape index (κ1) is 25.5. The van der Waals surface area contributed by atoms with E-state index in [0.29, 0.717) is 28.1 Å². The topological polar surface area (TPSA) is 116 Å². The van der Waals surface area contributed by atoms with Gasteiger partial charge in [0.05, 0.1) is 25.0 Å². The van der Waals surface area contributed by atoms with Crippen molar-refractivity contribution in [2.45, 2.75) is 39.3 Å². The number of rotatable bonds is 7. The number of carbonyl (C=O) groups is 2. The number of hydrogen-bond acceptors (Lipinski definition) is 5. The number of carbonyl (C=O) groups excluding carboxylic acids is 2. The number of hydrogen-bond donors (Lipinski definition) is 3. The maximum absolute atomic E-state index is 16.0. The van der Waals surface area contributed by atoms with Crippen LogP contribution < -0.4 is 21.1 Å². The lowest BCUT2D eigenvalue weighted by molar-refractivity contribution is 0.0635. The number of nitrogens with one attached hydrogen (secondary N) is 2. The van der Waals surface area contributed by atoms with Crippen LogP contribution in [0.4, 0.5) is 19.7 Å². The molecule has 3 amide bonds. The average Bonchev–Trinajstić information content (AvgIpc) is 2.80. The Kier molecular flexibility index (Phi) is 7.91. The third-order valence-electron chi connectivity index (χ3n) is 5.05. The molecular weight excluding hydrogens is 451 g/mol. The Hall–Kier alpha value is -4.14. The normalized spacial score (nSPS) is 11.0. The predicted octanol–water partition coefficient (Wildman–Crippen LogP) is 5.00. The van der Waals surface area contributed by atoms with Crippen LogP contribution in [0, 0.1) is 5.82 Å². The van der Waals surface area contributed by atoms with E-state index in [1.165, 1.54) is 6.07 Å². The van der Waals surface area contributed by atoms with Crippen molar-refractivity contribution in [3.05, 3.63) is 77.4 Å². The third kappa shape index (κ3) is 6.69. The molecule has 0 aliphatic carbocycles. The number of primary amides is 1. The van der Waals surface area contributed by atoms with Crippen LogP contribution in [0.1, 0.15) is 37.6 Å². The molecule has 0 saturated heterocycles. The summed E-state index contributed by atoms with van der Waals surface area (Å²) in [6, 6.07) is 13.3. The number of ether oxygens (including phenoxy) is 2. The lowest BCUT2D eigenvalue weighted by Crippen LogP contribution is -2.29. The summed E-state index contributed by atoms with van der Waals surface area (Å²) < 4.78 is 26.7. The maximum atomic E-state index is 16.0. The van der Waals surface area contributed by atoms with Gasteiger partial charge in [-0.05, 0) is 50.1 Å². The smallest absolute Gasteiger partial charge is 0.412 e. The number of nitrogens with zero attached hydrogens (tertiary/aromatic N) is 1. The van der Waals surface area contributed by atoms with Gasteiger partial charge in [-0.15, -0.1) is 0 Å². The number of benzene rings is 2. The first-order valence-electron chi connectivity index (χ1n) is 11.0. The summed E-state index contributed by atoms with van der Waals surface area (Å²) in [4.78, 5) is 27.9. The van der Waals surface area contributed by atoms with Gasteiger partial charge in [0.15, 0.2) is 5.82 Å². The highest BCUT2D eigenvalue weighted by Gasteiger charge is 2.22. The molecule has 0 radical (unpaired) electrons. The van der Waals surface area contributed by atoms with E-state index in [-0.39, 0.29) is 18.7 Å². The number of urea groups is 1. The van der Waals surface area contributed by atoms with Crippen LogP contribution in [0.15, 0.2) is 54.7 Å². The molecule has 4 N–H and O–H groups in total. The van der Waals surface area contributed by atoms with Crippen molar-refractivity contribution in [3.8, 4) is 16.9 Å². The van der Waals surface area contributed by atoms with Crippen LogP contribution in [0.2, 0.25) is 0 Å². The number of para-hydroxylation sites is 1. The SMILES string of the molecule is COc1ccccc1Cc1c(-c2cccnc2CNC(N)=O)ccc(NC(=O)OC(C)(C)C)c1F. The van der Waals surface area contributed by atoms with Crippen molar-refractivity contribution in [2.24, 2.45) is 5.73 Å². The van der Waals surface area contributed by atoms with Crippen LogP contribution in [0.5, 0.6) is 5.75 Å². The number of amides is 3. The van der Waals surface area contributed by atoms with Crippen molar-refractivity contribution in [3.63, 3.8) is 0 Å². The summed E-state index contributed by atoms with van der Waals surface area (Å²) in [6.07, 6.45) is 0.989. The largest absolute Gasteiger partial charge is 0.496 e. The highest BCUT2D eigenvalue weighted by Crippen LogP contribution is 2.35. The highest BCUT2D eigenvalue weighted by molar-refractivity contribution is 5.86. The molecule has 0 bridgehead atoms. The molecular formula is C26H29FN4O4. The Bertz CT molecular complexity index is 1220. The fourth-order valence-electron chi connectivity index (χ4n) is 3.59. The fourth-order valence-corrected chi connectivity index (χ4v) is 3.59. The van der Waals surface area contributed by atoms with Crippen LogP contribution >= 0.6 is 0 Å². The lowest BCUT2D eigenvalue weighted by Gasteiger charge is -2.21. The zero-order chi connectivity index (χ0) is 25.6. The second-order valence-electron chi connectivity index (χ2n) is 8.78. The van der Waals surface area contributed by atoms with Gasteiger partial charge >= 0.3 is 12.1 Å². The highest BCUT2D eigenvalue weighted by atomic mass is 19.1. The fraction of sp³-hybridized carbons (Fsp3) is 0.269. The molecule has 0 aliphatic rings. The second kappa shape index (κ2) is 10.9. The first-order valence-corrected chi connectivity index (χ1v) is 11.0. The number of aromatic nitrogens is 1. The van der Waals surface area contributed by atoms with Gasteiger partial charge in [-0.2, -0.15) is 0 Å². The Balaban J connectivity index is 2.11. The van der Waals surface area contributed by atoms with Crippen LogP contribution in [0.3, 0.4) is 0 Å². The van der Waals surface area contributed by atoms with Gasteiger partial charge in [0.2, 0.25) is 0 Å². The standard InChI is InChI=1S/C26H29FN4O4/c1-26(2,3)35-25(33)31-20-12-11-17(18-9-7-13-29-21(18)15-30-24(28)32)19(23(20)27)14-16-8-5-6-10-22(16)34-4/h5-13H,14-15H2,1-4H3,(H,31,33)(H3,28,30,32). The molecule has 8 nitrogen and oxygen atoms in total. The van der Waals surface area contributed by atoms with E-state index >= 15 is 4.39 Å². The quantitative estimate of drug-likeness (QED) is 0.440. The molecule has 3 rings (SSSR count). The van der Waals surface area contributed by atoms with E-state index < -0.39 is 23.5 Å². The van der Waals surface area contributed by atoms with E-state index in [9.17, 15) is 9.59 Å². The molecule has 0 atom stereocenters. The second-order valence-corrected chi connectivity index (χ2v) is 8.78.